The topological polar surface area (TPSA) is 73.6 Å². The second-order valence-electron chi connectivity index (χ2n) is 6.19. The van der Waals surface area contributed by atoms with Crippen molar-refractivity contribution in [1.82, 2.24) is 5.32 Å². The van der Waals surface area contributed by atoms with Gasteiger partial charge in [0.15, 0.2) is 6.61 Å². The zero-order valence-corrected chi connectivity index (χ0v) is 15.8. The molecular formula is C20H25ClN2O3. The van der Waals surface area contributed by atoms with Crippen molar-refractivity contribution in [3.8, 4) is 5.75 Å². The van der Waals surface area contributed by atoms with Crippen molar-refractivity contribution >= 4 is 17.5 Å². The molecule has 0 fully saturated rings. The number of hydrogen-bond donors (Lipinski definition) is 2. The zero-order valence-electron chi connectivity index (χ0n) is 15.1. The van der Waals surface area contributed by atoms with E-state index in [4.69, 9.17) is 26.8 Å². The first-order valence-corrected chi connectivity index (χ1v) is 8.87. The fourth-order valence-corrected chi connectivity index (χ4v) is 2.85. The quantitative estimate of drug-likeness (QED) is 0.668. The van der Waals surface area contributed by atoms with Crippen LogP contribution in [-0.4, -0.2) is 32.2 Å². The summed E-state index contributed by atoms with van der Waals surface area (Å²) < 4.78 is 10.8. The molecule has 0 spiro atoms. The molecule has 0 aliphatic heterocycles. The highest BCUT2D eigenvalue weighted by atomic mass is 35.5. The van der Waals surface area contributed by atoms with Gasteiger partial charge < -0.3 is 20.5 Å². The molecule has 5 nitrogen and oxygen atoms in total. The molecule has 2 aromatic carbocycles. The standard InChI is InChI=1S/C20H25ClN2O3/c1-14(10-15-6-8-18(9-7-15)26-13-20(22)24)23-12-19(25-2)16-4-3-5-17(21)11-16/h3-9,11,14,19,23H,10,12-13H2,1-2H3,(H2,22,24). The molecule has 0 bridgehead atoms. The predicted molar refractivity (Wildman–Crippen MR) is 104 cm³/mol. The van der Waals surface area contributed by atoms with Gasteiger partial charge in [-0.05, 0) is 48.7 Å². The van der Waals surface area contributed by atoms with Gasteiger partial charge in [0.05, 0.1) is 6.10 Å². The highest BCUT2D eigenvalue weighted by Crippen LogP contribution is 2.20. The van der Waals surface area contributed by atoms with Crippen molar-refractivity contribution in [2.45, 2.75) is 25.5 Å². The average Bonchev–Trinajstić information content (AvgIpc) is 2.61. The van der Waals surface area contributed by atoms with Crippen molar-refractivity contribution in [2.75, 3.05) is 20.3 Å². The third-order valence-corrected chi connectivity index (χ3v) is 4.24. The number of nitrogens with one attached hydrogen (secondary N) is 1. The monoisotopic (exact) mass is 376 g/mol. The van der Waals surface area contributed by atoms with Crippen LogP contribution in [0.3, 0.4) is 0 Å². The Labute approximate surface area is 159 Å². The maximum absolute atomic E-state index is 10.7. The minimum Gasteiger partial charge on any atom is -0.484 e. The number of nitrogens with two attached hydrogens (primary N) is 1. The van der Waals surface area contributed by atoms with Gasteiger partial charge in [0.25, 0.3) is 5.91 Å². The minimum absolute atomic E-state index is 0.0549. The molecule has 0 radical (unpaired) electrons. The van der Waals surface area contributed by atoms with Gasteiger partial charge in [-0.15, -0.1) is 0 Å². The summed E-state index contributed by atoms with van der Waals surface area (Å²) >= 11 is 6.06. The summed E-state index contributed by atoms with van der Waals surface area (Å²) in [5.41, 5.74) is 7.29. The summed E-state index contributed by atoms with van der Waals surface area (Å²) in [6.07, 6.45) is 0.808. The third kappa shape index (κ3) is 6.67. The summed E-state index contributed by atoms with van der Waals surface area (Å²) in [4.78, 5) is 10.7. The van der Waals surface area contributed by atoms with Crippen molar-refractivity contribution < 1.29 is 14.3 Å². The largest absolute Gasteiger partial charge is 0.484 e. The number of methoxy groups -OCH3 is 1. The SMILES string of the molecule is COC(CNC(C)Cc1ccc(OCC(N)=O)cc1)c1cccc(Cl)c1. The maximum atomic E-state index is 10.7. The van der Waals surface area contributed by atoms with E-state index in [9.17, 15) is 4.79 Å². The van der Waals surface area contributed by atoms with Crippen molar-refractivity contribution in [3.63, 3.8) is 0 Å². The lowest BCUT2D eigenvalue weighted by Crippen LogP contribution is -2.32. The Kier molecular flexibility index (Phi) is 7.91. The molecule has 6 heteroatoms. The lowest BCUT2D eigenvalue weighted by Gasteiger charge is -2.20. The van der Waals surface area contributed by atoms with Crippen LogP contribution in [0.5, 0.6) is 5.75 Å². The zero-order chi connectivity index (χ0) is 18.9. The molecule has 2 rings (SSSR count). The van der Waals surface area contributed by atoms with Crippen molar-refractivity contribution in [2.24, 2.45) is 5.73 Å². The molecular weight excluding hydrogens is 352 g/mol. The number of primary amides is 1. The van der Waals surface area contributed by atoms with Gasteiger partial charge >= 0.3 is 0 Å². The number of carbonyl (C=O) groups excluding carboxylic acids is 1. The Hall–Kier alpha value is -2.08. The molecule has 26 heavy (non-hydrogen) atoms. The van der Waals surface area contributed by atoms with E-state index in [-0.39, 0.29) is 18.8 Å². The predicted octanol–water partition coefficient (Wildman–Crippen LogP) is 3.11. The van der Waals surface area contributed by atoms with Crippen LogP contribution in [0.4, 0.5) is 0 Å². The Morgan fingerprint density at radius 2 is 1.96 bits per heavy atom. The van der Waals surface area contributed by atoms with E-state index in [1.54, 1.807) is 7.11 Å². The lowest BCUT2D eigenvalue weighted by atomic mass is 10.1. The summed E-state index contributed by atoms with van der Waals surface area (Å²) in [6, 6.07) is 15.6. The number of benzene rings is 2. The molecule has 0 aliphatic carbocycles. The maximum Gasteiger partial charge on any atom is 0.255 e. The molecule has 3 N–H and O–H groups in total. The highest BCUT2D eigenvalue weighted by Gasteiger charge is 2.12. The first-order valence-electron chi connectivity index (χ1n) is 8.49. The normalized spacial score (nSPS) is 13.2. The molecule has 0 aromatic heterocycles. The molecule has 2 unspecified atom stereocenters. The number of halogens is 1. The van der Waals surface area contributed by atoms with Crippen LogP contribution in [0, 0.1) is 0 Å². The third-order valence-electron chi connectivity index (χ3n) is 4.00. The number of rotatable bonds is 10. The highest BCUT2D eigenvalue weighted by molar-refractivity contribution is 6.30. The van der Waals surface area contributed by atoms with Gasteiger partial charge in [0.2, 0.25) is 0 Å². The van der Waals surface area contributed by atoms with Crippen LogP contribution in [0.2, 0.25) is 5.02 Å². The van der Waals surface area contributed by atoms with Crippen LogP contribution in [0.1, 0.15) is 24.2 Å². The van der Waals surface area contributed by atoms with E-state index in [1.165, 1.54) is 5.56 Å². The van der Waals surface area contributed by atoms with Gasteiger partial charge in [-0.3, -0.25) is 4.79 Å². The Bertz CT molecular complexity index is 706. The van der Waals surface area contributed by atoms with Gasteiger partial charge in [0, 0.05) is 24.7 Å². The first kappa shape index (κ1) is 20.2. The van der Waals surface area contributed by atoms with Gasteiger partial charge in [-0.2, -0.15) is 0 Å². The Morgan fingerprint density at radius 1 is 1.23 bits per heavy atom. The lowest BCUT2D eigenvalue weighted by molar-refractivity contribution is -0.119. The molecule has 0 saturated carbocycles. The van der Waals surface area contributed by atoms with E-state index in [0.29, 0.717) is 17.3 Å². The number of amides is 1. The Balaban J connectivity index is 1.83. The molecule has 2 aromatic rings. The second kappa shape index (κ2) is 10.2. The molecule has 0 aliphatic rings. The van der Waals surface area contributed by atoms with E-state index in [2.05, 4.69) is 12.2 Å². The van der Waals surface area contributed by atoms with Gasteiger partial charge in [-0.1, -0.05) is 35.9 Å². The van der Waals surface area contributed by atoms with Crippen molar-refractivity contribution in [3.05, 3.63) is 64.7 Å². The first-order chi connectivity index (χ1) is 12.5. The van der Waals surface area contributed by atoms with Crippen molar-refractivity contribution in [1.29, 1.82) is 0 Å². The molecule has 140 valence electrons. The molecule has 2 atom stereocenters. The summed E-state index contributed by atoms with van der Waals surface area (Å²) in [6.45, 7) is 2.71. The fourth-order valence-electron chi connectivity index (χ4n) is 2.65. The molecule has 0 saturated heterocycles. The number of hydrogen-bond acceptors (Lipinski definition) is 4. The smallest absolute Gasteiger partial charge is 0.255 e. The van der Waals surface area contributed by atoms with Crippen LogP contribution in [0.15, 0.2) is 48.5 Å². The van der Waals surface area contributed by atoms with Crippen LogP contribution < -0.4 is 15.8 Å². The van der Waals surface area contributed by atoms with Crippen LogP contribution in [-0.2, 0) is 16.0 Å². The van der Waals surface area contributed by atoms with Gasteiger partial charge in [-0.25, -0.2) is 0 Å². The minimum atomic E-state index is -0.487. The van der Waals surface area contributed by atoms with Crippen LogP contribution >= 0.6 is 11.6 Å². The van der Waals surface area contributed by atoms with E-state index in [1.807, 2.05) is 48.5 Å². The average molecular weight is 377 g/mol. The number of ether oxygens (including phenoxy) is 2. The van der Waals surface area contributed by atoms with Crippen LogP contribution in [0.25, 0.3) is 0 Å². The second-order valence-corrected chi connectivity index (χ2v) is 6.63. The number of carbonyl (C=O) groups is 1. The fraction of sp³-hybridized carbons (Fsp3) is 0.350. The summed E-state index contributed by atoms with van der Waals surface area (Å²) in [5, 5.41) is 4.20. The summed E-state index contributed by atoms with van der Waals surface area (Å²) in [7, 11) is 1.70. The molecule has 1 amide bonds. The van der Waals surface area contributed by atoms with E-state index >= 15 is 0 Å². The Morgan fingerprint density at radius 3 is 2.58 bits per heavy atom. The van der Waals surface area contributed by atoms with E-state index < -0.39 is 5.91 Å². The van der Waals surface area contributed by atoms with E-state index in [0.717, 1.165) is 12.0 Å². The van der Waals surface area contributed by atoms with Gasteiger partial charge in [0.1, 0.15) is 5.75 Å². The molecule has 0 heterocycles. The summed E-state index contributed by atoms with van der Waals surface area (Å²) in [5.74, 6) is 0.146.